The molecular formula is C33H65N2+. The molecule has 0 aromatic carbocycles. The molecule has 1 heterocycles. The minimum absolute atomic E-state index is 1.18. The van der Waals surface area contributed by atoms with E-state index in [1.54, 1.807) is 5.82 Å². The highest BCUT2D eigenvalue weighted by atomic mass is 15.1. The van der Waals surface area contributed by atoms with Crippen LogP contribution in [0.5, 0.6) is 0 Å². The van der Waals surface area contributed by atoms with Crippen molar-refractivity contribution in [2.24, 2.45) is 0 Å². The van der Waals surface area contributed by atoms with Crippen molar-refractivity contribution in [2.45, 2.75) is 194 Å². The zero-order chi connectivity index (χ0) is 25.2. The van der Waals surface area contributed by atoms with Gasteiger partial charge >= 0.3 is 0 Å². The molecule has 0 radical (unpaired) electrons. The van der Waals surface area contributed by atoms with Crippen molar-refractivity contribution in [2.75, 3.05) is 0 Å². The molecule has 0 aliphatic carbocycles. The van der Waals surface area contributed by atoms with Crippen molar-refractivity contribution >= 4 is 0 Å². The fraction of sp³-hybridized carbons (Fsp3) is 0.909. The summed E-state index contributed by atoms with van der Waals surface area (Å²) in [6.07, 6.45) is 40.1. The Morgan fingerprint density at radius 3 is 1.31 bits per heavy atom. The number of aromatic nitrogens is 2. The molecule has 0 bridgehead atoms. The van der Waals surface area contributed by atoms with Crippen LogP contribution in [-0.4, -0.2) is 4.57 Å². The molecule has 0 aliphatic heterocycles. The van der Waals surface area contributed by atoms with Crippen LogP contribution in [-0.2, 0) is 19.5 Å². The summed E-state index contributed by atoms with van der Waals surface area (Å²) in [6, 6.07) is 0. The van der Waals surface area contributed by atoms with Crippen LogP contribution in [0.1, 0.15) is 181 Å². The number of aryl methyl sites for hydroxylation is 2. The van der Waals surface area contributed by atoms with E-state index in [2.05, 4.69) is 42.3 Å². The van der Waals surface area contributed by atoms with Crippen molar-refractivity contribution in [3.8, 4) is 0 Å². The van der Waals surface area contributed by atoms with E-state index in [1.165, 1.54) is 174 Å². The Balaban J connectivity index is 2.07. The lowest BCUT2D eigenvalue weighted by Gasteiger charge is -2.06. The highest BCUT2D eigenvalue weighted by molar-refractivity contribution is 4.84. The largest absolute Gasteiger partial charge is 0.256 e. The molecule has 0 N–H and O–H groups in total. The van der Waals surface area contributed by atoms with Gasteiger partial charge in [-0.15, -0.1) is 0 Å². The van der Waals surface area contributed by atoms with Gasteiger partial charge in [-0.05, 0) is 25.7 Å². The first-order valence-corrected chi connectivity index (χ1v) is 16.4. The molecule has 0 unspecified atom stereocenters. The Kier molecular flexibility index (Phi) is 22.9. The van der Waals surface area contributed by atoms with Gasteiger partial charge in [-0.1, -0.05) is 149 Å². The van der Waals surface area contributed by atoms with Crippen molar-refractivity contribution < 1.29 is 4.57 Å². The molecule has 1 aromatic heterocycles. The third kappa shape index (κ3) is 18.2. The van der Waals surface area contributed by atoms with Gasteiger partial charge in [0.25, 0.3) is 5.82 Å². The predicted octanol–water partition coefficient (Wildman–Crippen LogP) is 10.7. The van der Waals surface area contributed by atoms with Crippen LogP contribution in [0.3, 0.4) is 0 Å². The third-order valence-corrected chi connectivity index (χ3v) is 7.81. The third-order valence-electron chi connectivity index (χ3n) is 7.81. The van der Waals surface area contributed by atoms with E-state index >= 15 is 0 Å². The normalized spacial score (nSPS) is 11.5. The summed E-state index contributed by atoms with van der Waals surface area (Å²) >= 11 is 0. The monoisotopic (exact) mass is 490 g/mol. The zero-order valence-corrected chi connectivity index (χ0v) is 24.6. The molecule has 0 atom stereocenters. The number of hydrogen-bond acceptors (Lipinski definition) is 0. The van der Waals surface area contributed by atoms with Crippen molar-refractivity contribution in [1.29, 1.82) is 0 Å². The number of rotatable bonds is 27. The first-order valence-electron chi connectivity index (χ1n) is 16.4. The van der Waals surface area contributed by atoms with Crippen LogP contribution in [0, 0.1) is 0 Å². The van der Waals surface area contributed by atoms with E-state index in [1.807, 2.05) is 0 Å². The van der Waals surface area contributed by atoms with Crippen LogP contribution in [0.2, 0.25) is 0 Å². The van der Waals surface area contributed by atoms with Gasteiger partial charge in [0.05, 0.1) is 13.1 Å². The highest BCUT2D eigenvalue weighted by Crippen LogP contribution is 2.15. The second-order valence-corrected chi connectivity index (χ2v) is 11.3. The topological polar surface area (TPSA) is 8.81 Å². The van der Waals surface area contributed by atoms with Gasteiger partial charge in [0.2, 0.25) is 0 Å². The molecule has 2 heteroatoms. The first kappa shape index (κ1) is 32.2. The second-order valence-electron chi connectivity index (χ2n) is 11.3. The standard InChI is InChI=1S/C33H65N2/c1-4-7-9-11-13-15-16-17-18-19-20-21-23-25-27-30-35-32-31-34(29-6-3)33(35)28-26-24-22-14-12-10-8-5-2/h31-32H,4-30H2,1-3H3/q+1. The molecule has 35 heavy (non-hydrogen) atoms. The van der Waals surface area contributed by atoms with Crippen LogP contribution in [0.15, 0.2) is 12.4 Å². The summed E-state index contributed by atoms with van der Waals surface area (Å²) in [4.78, 5) is 0. The lowest BCUT2D eigenvalue weighted by atomic mass is 10.0. The Labute approximate surface area is 221 Å². The first-order chi connectivity index (χ1) is 17.3. The second kappa shape index (κ2) is 24.9. The molecular weight excluding hydrogens is 424 g/mol. The molecule has 0 fully saturated rings. The van der Waals surface area contributed by atoms with Gasteiger partial charge in [0.15, 0.2) is 0 Å². The molecule has 206 valence electrons. The lowest BCUT2D eigenvalue weighted by Crippen LogP contribution is -2.37. The summed E-state index contributed by atoms with van der Waals surface area (Å²) in [6.45, 7) is 9.32. The van der Waals surface area contributed by atoms with Crippen LogP contribution < -0.4 is 4.57 Å². The Morgan fingerprint density at radius 1 is 0.486 bits per heavy atom. The number of unbranched alkanes of at least 4 members (excludes halogenated alkanes) is 21. The van der Waals surface area contributed by atoms with E-state index in [0.717, 1.165) is 0 Å². The van der Waals surface area contributed by atoms with Crippen molar-refractivity contribution in [1.82, 2.24) is 4.57 Å². The summed E-state index contributed by atoms with van der Waals surface area (Å²) in [5.41, 5.74) is 0. The van der Waals surface area contributed by atoms with Crippen LogP contribution >= 0.6 is 0 Å². The van der Waals surface area contributed by atoms with E-state index in [-0.39, 0.29) is 0 Å². The fourth-order valence-electron chi connectivity index (χ4n) is 5.50. The maximum absolute atomic E-state index is 2.58. The maximum atomic E-state index is 2.58. The minimum Gasteiger partial charge on any atom is -0.234 e. The summed E-state index contributed by atoms with van der Waals surface area (Å²) in [7, 11) is 0. The average Bonchev–Trinajstić information content (AvgIpc) is 3.24. The van der Waals surface area contributed by atoms with E-state index in [9.17, 15) is 0 Å². The number of imidazole rings is 1. The SMILES string of the molecule is CCCCCCCCCCCCCCCCCn1cc[n+](CCC)c1CCCCCCCCCC. The molecule has 0 saturated heterocycles. The average molecular weight is 490 g/mol. The van der Waals surface area contributed by atoms with Crippen LogP contribution in [0.25, 0.3) is 0 Å². The Bertz CT molecular complexity index is 547. The Morgan fingerprint density at radius 2 is 0.886 bits per heavy atom. The lowest BCUT2D eigenvalue weighted by molar-refractivity contribution is -0.703. The molecule has 0 saturated carbocycles. The molecule has 0 amide bonds. The summed E-state index contributed by atoms with van der Waals surface area (Å²) in [5.74, 6) is 1.59. The maximum Gasteiger partial charge on any atom is 0.256 e. The molecule has 2 nitrogen and oxygen atoms in total. The van der Waals surface area contributed by atoms with Crippen molar-refractivity contribution in [3.05, 3.63) is 18.2 Å². The van der Waals surface area contributed by atoms with E-state index < -0.39 is 0 Å². The van der Waals surface area contributed by atoms with Crippen molar-refractivity contribution in [3.63, 3.8) is 0 Å². The van der Waals surface area contributed by atoms with E-state index in [4.69, 9.17) is 0 Å². The summed E-state index contributed by atoms with van der Waals surface area (Å²) < 4.78 is 5.12. The van der Waals surface area contributed by atoms with E-state index in [0.29, 0.717) is 0 Å². The van der Waals surface area contributed by atoms with Gasteiger partial charge in [-0.3, -0.25) is 0 Å². The van der Waals surface area contributed by atoms with Gasteiger partial charge in [-0.25, -0.2) is 9.13 Å². The summed E-state index contributed by atoms with van der Waals surface area (Å²) in [5, 5.41) is 0. The number of nitrogens with zero attached hydrogens (tertiary/aromatic N) is 2. The number of hydrogen-bond donors (Lipinski definition) is 0. The minimum atomic E-state index is 1.18. The zero-order valence-electron chi connectivity index (χ0n) is 24.6. The van der Waals surface area contributed by atoms with Gasteiger partial charge in [0.1, 0.15) is 12.4 Å². The predicted molar refractivity (Wildman–Crippen MR) is 156 cm³/mol. The smallest absolute Gasteiger partial charge is 0.234 e. The Hall–Kier alpha value is -0.790. The molecule has 0 aliphatic rings. The van der Waals surface area contributed by atoms with Gasteiger partial charge < -0.3 is 0 Å². The molecule has 1 aromatic rings. The van der Waals surface area contributed by atoms with Crippen LogP contribution in [0.4, 0.5) is 0 Å². The van der Waals surface area contributed by atoms with Gasteiger partial charge in [0, 0.05) is 6.42 Å². The molecule has 0 spiro atoms. The fourth-order valence-corrected chi connectivity index (χ4v) is 5.50. The van der Waals surface area contributed by atoms with Gasteiger partial charge in [-0.2, -0.15) is 0 Å². The molecule has 1 rings (SSSR count). The highest BCUT2D eigenvalue weighted by Gasteiger charge is 2.15. The quantitative estimate of drug-likeness (QED) is 0.0858.